The summed E-state index contributed by atoms with van der Waals surface area (Å²) in [5.74, 6) is 0.196. The topological polar surface area (TPSA) is 51.7 Å². The van der Waals surface area contributed by atoms with Gasteiger partial charge >= 0.3 is 0 Å². The van der Waals surface area contributed by atoms with Crippen LogP contribution in [0.25, 0.3) is 0 Å². The molecule has 0 aliphatic carbocycles. The van der Waals surface area contributed by atoms with E-state index < -0.39 is 0 Å². The predicted octanol–water partition coefficient (Wildman–Crippen LogP) is 1.76. The largest absolute Gasteiger partial charge is 0.369 e. The summed E-state index contributed by atoms with van der Waals surface area (Å²) >= 11 is 0. The van der Waals surface area contributed by atoms with Crippen molar-refractivity contribution in [3.05, 3.63) is 36.8 Å². The molecule has 1 aliphatic rings. The second-order valence-electron chi connectivity index (χ2n) is 4.72. The van der Waals surface area contributed by atoms with Gasteiger partial charge in [0.15, 0.2) is 5.96 Å². The summed E-state index contributed by atoms with van der Waals surface area (Å²) in [5, 5.41) is 9.24. The van der Waals surface area contributed by atoms with E-state index in [2.05, 4.69) is 32.4 Å². The first kappa shape index (κ1) is 15.3. The molecule has 1 saturated heterocycles. The van der Waals surface area contributed by atoms with Crippen LogP contribution < -0.4 is 20.9 Å². The third-order valence-electron chi connectivity index (χ3n) is 3.25. The van der Waals surface area contributed by atoms with E-state index in [0.29, 0.717) is 18.2 Å². The van der Waals surface area contributed by atoms with Gasteiger partial charge in [0.1, 0.15) is 5.82 Å². The molecule has 0 amide bonds. The molecule has 1 fully saturated rings. The van der Waals surface area contributed by atoms with Crippen LogP contribution in [0.1, 0.15) is 6.92 Å². The standard InChI is InChI=1S/C15H22FN5/c1-3-18-15(19-4-2)20-14-6-5-12(11-13(14)16)21-9-7-17-8-10-21/h3,5-6,11,17H,1,4,7-10H2,2H3,(H2,18,19,20). The van der Waals surface area contributed by atoms with Crippen LogP contribution in [0.5, 0.6) is 0 Å². The summed E-state index contributed by atoms with van der Waals surface area (Å²) in [5.41, 5.74) is 1.31. The quantitative estimate of drug-likeness (QED) is 0.584. The van der Waals surface area contributed by atoms with Crippen LogP contribution in [0.4, 0.5) is 15.8 Å². The van der Waals surface area contributed by atoms with Gasteiger partial charge in [0.05, 0.1) is 5.69 Å². The number of piperazine rings is 1. The van der Waals surface area contributed by atoms with Gasteiger partial charge in [0.25, 0.3) is 0 Å². The second-order valence-corrected chi connectivity index (χ2v) is 4.72. The van der Waals surface area contributed by atoms with Crippen molar-refractivity contribution in [1.29, 1.82) is 0 Å². The Morgan fingerprint density at radius 1 is 1.48 bits per heavy atom. The fraction of sp³-hybridized carbons (Fsp3) is 0.400. The third-order valence-corrected chi connectivity index (χ3v) is 3.25. The summed E-state index contributed by atoms with van der Waals surface area (Å²) in [4.78, 5) is 6.21. The fourth-order valence-electron chi connectivity index (χ4n) is 2.23. The van der Waals surface area contributed by atoms with Gasteiger partial charge in [-0.25, -0.2) is 9.38 Å². The molecule has 0 radical (unpaired) electrons. The molecular formula is C15H22FN5. The minimum absolute atomic E-state index is 0.291. The zero-order valence-corrected chi connectivity index (χ0v) is 12.3. The number of guanidine groups is 1. The minimum atomic E-state index is -0.291. The molecule has 1 aromatic carbocycles. The SMILES string of the molecule is C=C/N=C(\NCC)Nc1ccc(N2CCNCC2)cc1F. The van der Waals surface area contributed by atoms with Crippen LogP contribution in [-0.4, -0.2) is 38.7 Å². The van der Waals surface area contributed by atoms with Crippen LogP contribution >= 0.6 is 0 Å². The molecule has 0 spiro atoms. The Kier molecular flexibility index (Phi) is 5.57. The average Bonchev–Trinajstić information content (AvgIpc) is 2.50. The molecule has 0 aromatic heterocycles. The van der Waals surface area contributed by atoms with Crippen LogP contribution in [0.2, 0.25) is 0 Å². The molecule has 1 aliphatic heterocycles. The molecular weight excluding hydrogens is 269 g/mol. The molecule has 114 valence electrons. The summed E-state index contributed by atoms with van der Waals surface area (Å²) in [6, 6.07) is 5.22. The van der Waals surface area contributed by atoms with E-state index in [1.54, 1.807) is 12.1 Å². The zero-order valence-electron chi connectivity index (χ0n) is 12.3. The number of nitrogens with zero attached hydrogens (tertiary/aromatic N) is 2. The zero-order chi connectivity index (χ0) is 15.1. The maximum Gasteiger partial charge on any atom is 0.200 e. The van der Waals surface area contributed by atoms with E-state index >= 15 is 0 Å². The Labute approximate surface area is 124 Å². The summed E-state index contributed by atoms with van der Waals surface area (Å²) in [6.45, 7) is 9.84. The van der Waals surface area contributed by atoms with Crippen molar-refractivity contribution < 1.29 is 4.39 Å². The molecule has 5 nitrogen and oxygen atoms in total. The van der Waals surface area contributed by atoms with Gasteiger partial charge < -0.3 is 20.9 Å². The monoisotopic (exact) mass is 291 g/mol. The molecule has 0 unspecified atom stereocenters. The maximum atomic E-state index is 14.2. The first-order valence-electron chi connectivity index (χ1n) is 7.19. The lowest BCUT2D eigenvalue weighted by Crippen LogP contribution is -2.43. The lowest BCUT2D eigenvalue weighted by atomic mass is 10.2. The van der Waals surface area contributed by atoms with E-state index in [9.17, 15) is 4.39 Å². The molecule has 0 saturated carbocycles. The Bertz CT molecular complexity index is 509. The first-order chi connectivity index (χ1) is 10.2. The van der Waals surface area contributed by atoms with Crippen molar-refractivity contribution in [1.82, 2.24) is 10.6 Å². The number of rotatable bonds is 4. The number of hydrogen-bond acceptors (Lipinski definition) is 3. The molecule has 21 heavy (non-hydrogen) atoms. The number of nitrogens with one attached hydrogen (secondary N) is 3. The molecule has 2 rings (SSSR count). The highest BCUT2D eigenvalue weighted by molar-refractivity contribution is 5.94. The predicted molar refractivity (Wildman–Crippen MR) is 86.4 cm³/mol. The van der Waals surface area contributed by atoms with Crippen LogP contribution in [0, 0.1) is 5.82 Å². The fourth-order valence-corrected chi connectivity index (χ4v) is 2.23. The average molecular weight is 291 g/mol. The smallest absolute Gasteiger partial charge is 0.200 e. The molecule has 1 aromatic rings. The lowest BCUT2D eigenvalue weighted by Gasteiger charge is -2.29. The molecule has 1 heterocycles. The van der Waals surface area contributed by atoms with Crippen molar-refractivity contribution in [3.63, 3.8) is 0 Å². The highest BCUT2D eigenvalue weighted by Crippen LogP contribution is 2.22. The number of benzene rings is 1. The van der Waals surface area contributed by atoms with E-state index in [-0.39, 0.29) is 5.82 Å². The second kappa shape index (κ2) is 7.64. The van der Waals surface area contributed by atoms with Gasteiger partial charge in [-0.05, 0) is 25.1 Å². The maximum absolute atomic E-state index is 14.2. The summed E-state index contributed by atoms with van der Waals surface area (Å²) in [6.07, 6.45) is 1.41. The van der Waals surface area contributed by atoms with Crippen molar-refractivity contribution in [2.45, 2.75) is 6.92 Å². The van der Waals surface area contributed by atoms with Crippen LogP contribution in [0.15, 0.2) is 36.0 Å². The summed E-state index contributed by atoms with van der Waals surface area (Å²) < 4.78 is 14.2. The Morgan fingerprint density at radius 3 is 2.86 bits per heavy atom. The minimum Gasteiger partial charge on any atom is -0.369 e. The number of aliphatic imine (C=N–C) groups is 1. The van der Waals surface area contributed by atoms with Crippen LogP contribution in [-0.2, 0) is 0 Å². The normalized spacial score (nSPS) is 15.7. The van der Waals surface area contributed by atoms with E-state index in [1.165, 1.54) is 6.20 Å². The molecule has 6 heteroatoms. The van der Waals surface area contributed by atoms with Crippen molar-refractivity contribution >= 4 is 17.3 Å². The molecule has 0 atom stereocenters. The van der Waals surface area contributed by atoms with E-state index in [4.69, 9.17) is 0 Å². The van der Waals surface area contributed by atoms with Gasteiger partial charge in [-0.15, -0.1) is 0 Å². The lowest BCUT2D eigenvalue weighted by molar-refractivity contribution is 0.585. The van der Waals surface area contributed by atoms with Gasteiger partial charge in [0, 0.05) is 44.6 Å². The van der Waals surface area contributed by atoms with Crippen molar-refractivity contribution in [2.24, 2.45) is 4.99 Å². The Balaban J connectivity index is 2.11. The number of anilines is 2. The number of halogens is 1. The highest BCUT2D eigenvalue weighted by Gasteiger charge is 2.13. The van der Waals surface area contributed by atoms with E-state index in [0.717, 1.165) is 31.9 Å². The Morgan fingerprint density at radius 2 is 2.24 bits per heavy atom. The van der Waals surface area contributed by atoms with Gasteiger partial charge in [-0.3, -0.25) is 0 Å². The number of hydrogen-bond donors (Lipinski definition) is 3. The Hall–Kier alpha value is -2.08. The van der Waals surface area contributed by atoms with Gasteiger partial charge in [0.2, 0.25) is 0 Å². The molecule has 0 bridgehead atoms. The highest BCUT2D eigenvalue weighted by atomic mass is 19.1. The summed E-state index contributed by atoms with van der Waals surface area (Å²) in [7, 11) is 0. The van der Waals surface area contributed by atoms with Crippen LogP contribution in [0.3, 0.4) is 0 Å². The van der Waals surface area contributed by atoms with Gasteiger partial charge in [-0.1, -0.05) is 6.58 Å². The van der Waals surface area contributed by atoms with E-state index in [1.807, 2.05) is 13.0 Å². The third kappa shape index (κ3) is 4.19. The van der Waals surface area contributed by atoms with Crippen molar-refractivity contribution in [3.8, 4) is 0 Å². The first-order valence-corrected chi connectivity index (χ1v) is 7.19. The molecule has 3 N–H and O–H groups in total. The van der Waals surface area contributed by atoms with Crippen molar-refractivity contribution in [2.75, 3.05) is 42.9 Å². The van der Waals surface area contributed by atoms with Gasteiger partial charge in [-0.2, -0.15) is 0 Å².